The van der Waals surface area contributed by atoms with E-state index in [2.05, 4.69) is 38.0 Å². The number of rotatable bonds is 7. The van der Waals surface area contributed by atoms with E-state index >= 15 is 0 Å². The second-order valence-corrected chi connectivity index (χ2v) is 8.24. The average molecular weight is 564 g/mol. The number of aliphatic imine (C=N–C) groups is 1. The third kappa shape index (κ3) is 5.51. The Morgan fingerprint density at radius 1 is 1.03 bits per heavy atom. The molecule has 178 valence electrons. The Morgan fingerprint density at radius 2 is 1.82 bits per heavy atom. The van der Waals surface area contributed by atoms with Crippen LogP contribution in [0.25, 0.3) is 5.65 Å². The molecule has 0 radical (unpaired) electrons. The van der Waals surface area contributed by atoms with E-state index in [0.29, 0.717) is 6.54 Å². The van der Waals surface area contributed by atoms with Crippen molar-refractivity contribution >= 4 is 35.6 Å². The third-order valence-electron chi connectivity index (χ3n) is 6.42. The van der Waals surface area contributed by atoms with E-state index in [1.54, 1.807) is 21.3 Å². The Bertz CT molecular complexity index is 1080. The standard InChI is InChI=1S/C24H32N6O2.HI/c1-25-23(26-16-22-29-28-21-9-5-8-14-30(21)22)27-17-24(12-6-4-7-13-24)18-10-11-19(31-2)20(15-18)32-3;/h5,8-11,14-15H,4,6-7,12-13,16-17H2,1-3H3,(H2,25,26,27);1H. The average Bonchev–Trinajstić information content (AvgIpc) is 3.27. The molecule has 1 aromatic carbocycles. The fraction of sp³-hybridized carbons (Fsp3) is 0.458. The van der Waals surface area contributed by atoms with E-state index in [-0.39, 0.29) is 29.4 Å². The molecule has 0 spiro atoms. The van der Waals surface area contributed by atoms with Crippen LogP contribution >= 0.6 is 24.0 Å². The number of nitrogens with zero attached hydrogens (tertiary/aromatic N) is 4. The Hall–Kier alpha value is -2.56. The van der Waals surface area contributed by atoms with Gasteiger partial charge in [0, 0.05) is 25.2 Å². The molecule has 0 saturated heterocycles. The monoisotopic (exact) mass is 564 g/mol. The zero-order valence-electron chi connectivity index (χ0n) is 19.5. The second kappa shape index (κ2) is 11.5. The fourth-order valence-corrected chi connectivity index (χ4v) is 4.61. The molecule has 2 aromatic heterocycles. The quantitative estimate of drug-likeness (QED) is 0.257. The minimum atomic E-state index is 0. The maximum Gasteiger partial charge on any atom is 0.191 e. The van der Waals surface area contributed by atoms with E-state index in [9.17, 15) is 0 Å². The molecule has 3 aromatic rings. The van der Waals surface area contributed by atoms with Crippen molar-refractivity contribution in [2.45, 2.75) is 44.1 Å². The molecule has 0 amide bonds. The van der Waals surface area contributed by atoms with Crippen molar-refractivity contribution in [2.75, 3.05) is 27.8 Å². The normalized spacial score (nSPS) is 15.5. The Kier molecular flexibility index (Phi) is 8.76. The Morgan fingerprint density at radius 3 is 2.55 bits per heavy atom. The molecule has 0 atom stereocenters. The third-order valence-corrected chi connectivity index (χ3v) is 6.42. The van der Waals surface area contributed by atoms with Crippen molar-refractivity contribution in [3.63, 3.8) is 0 Å². The molecule has 1 saturated carbocycles. The molecule has 0 bridgehead atoms. The SMILES string of the molecule is CN=C(NCc1nnc2ccccn12)NCC1(c2ccc(OC)c(OC)c2)CCCCC1.I. The second-order valence-electron chi connectivity index (χ2n) is 8.24. The highest BCUT2D eigenvalue weighted by molar-refractivity contribution is 14.0. The lowest BCUT2D eigenvalue weighted by Crippen LogP contribution is -2.46. The van der Waals surface area contributed by atoms with Crippen LogP contribution in [0.4, 0.5) is 0 Å². The summed E-state index contributed by atoms with van der Waals surface area (Å²) in [5, 5.41) is 15.5. The number of benzene rings is 1. The maximum absolute atomic E-state index is 5.58. The molecular weight excluding hydrogens is 531 g/mol. The van der Waals surface area contributed by atoms with E-state index in [0.717, 1.165) is 48.3 Å². The van der Waals surface area contributed by atoms with Gasteiger partial charge in [0.05, 0.1) is 20.8 Å². The number of halogens is 1. The number of methoxy groups -OCH3 is 2. The highest BCUT2D eigenvalue weighted by atomic mass is 127. The van der Waals surface area contributed by atoms with Crippen molar-refractivity contribution < 1.29 is 9.47 Å². The first-order valence-corrected chi connectivity index (χ1v) is 11.1. The first kappa shape index (κ1) is 25.1. The van der Waals surface area contributed by atoms with Crippen LogP contribution in [0.15, 0.2) is 47.6 Å². The number of guanidine groups is 1. The van der Waals surface area contributed by atoms with Gasteiger partial charge in [-0.15, -0.1) is 34.2 Å². The summed E-state index contributed by atoms with van der Waals surface area (Å²) in [7, 11) is 5.15. The zero-order valence-corrected chi connectivity index (χ0v) is 21.8. The van der Waals surface area contributed by atoms with E-state index in [4.69, 9.17) is 9.47 Å². The molecule has 1 aliphatic carbocycles. The van der Waals surface area contributed by atoms with Gasteiger partial charge in [0.15, 0.2) is 28.9 Å². The largest absolute Gasteiger partial charge is 0.493 e. The highest BCUT2D eigenvalue weighted by Crippen LogP contribution is 2.42. The topological polar surface area (TPSA) is 85.1 Å². The summed E-state index contributed by atoms with van der Waals surface area (Å²) in [6, 6.07) is 12.2. The number of pyridine rings is 1. The van der Waals surface area contributed by atoms with Gasteiger partial charge in [0.25, 0.3) is 0 Å². The summed E-state index contributed by atoms with van der Waals surface area (Å²) >= 11 is 0. The van der Waals surface area contributed by atoms with Gasteiger partial charge in [-0.05, 0) is 42.7 Å². The van der Waals surface area contributed by atoms with E-state index < -0.39 is 0 Å². The Labute approximate surface area is 212 Å². The van der Waals surface area contributed by atoms with Crippen LogP contribution in [0.3, 0.4) is 0 Å². The van der Waals surface area contributed by atoms with Crippen molar-refractivity contribution in [3.05, 3.63) is 54.0 Å². The van der Waals surface area contributed by atoms with Gasteiger partial charge in [0.2, 0.25) is 0 Å². The zero-order chi connectivity index (χ0) is 22.4. The first-order valence-electron chi connectivity index (χ1n) is 11.1. The first-order chi connectivity index (χ1) is 15.7. The number of nitrogens with one attached hydrogen (secondary N) is 2. The van der Waals surface area contributed by atoms with Gasteiger partial charge in [-0.25, -0.2) is 0 Å². The summed E-state index contributed by atoms with van der Waals surface area (Å²) < 4.78 is 13.0. The number of fused-ring (bicyclic) bond motifs is 1. The van der Waals surface area contributed by atoms with E-state index in [1.807, 2.05) is 34.9 Å². The van der Waals surface area contributed by atoms with Crippen LogP contribution in [0.2, 0.25) is 0 Å². The van der Waals surface area contributed by atoms with Crippen molar-refractivity contribution in [3.8, 4) is 11.5 Å². The lowest BCUT2D eigenvalue weighted by Gasteiger charge is -2.38. The van der Waals surface area contributed by atoms with E-state index in [1.165, 1.54) is 24.8 Å². The predicted molar refractivity (Wildman–Crippen MR) is 141 cm³/mol. The van der Waals surface area contributed by atoms with Gasteiger partial charge in [-0.1, -0.05) is 31.4 Å². The Balaban J connectivity index is 0.00000306. The summed E-state index contributed by atoms with van der Waals surface area (Å²) in [5.41, 5.74) is 2.14. The molecule has 0 unspecified atom stereocenters. The molecular formula is C24H33IN6O2. The van der Waals surface area contributed by atoms with Gasteiger partial charge in [-0.2, -0.15) is 0 Å². The maximum atomic E-state index is 5.58. The van der Waals surface area contributed by atoms with Crippen LogP contribution in [-0.2, 0) is 12.0 Å². The van der Waals surface area contributed by atoms with Crippen molar-refractivity contribution in [2.24, 2.45) is 4.99 Å². The predicted octanol–water partition coefficient (Wildman–Crippen LogP) is 3.93. The summed E-state index contributed by atoms with van der Waals surface area (Å²) in [6.07, 6.45) is 7.93. The van der Waals surface area contributed by atoms with Gasteiger partial charge >= 0.3 is 0 Å². The molecule has 4 rings (SSSR count). The van der Waals surface area contributed by atoms with Crippen LogP contribution in [0.1, 0.15) is 43.5 Å². The number of aromatic nitrogens is 3. The molecule has 2 N–H and O–H groups in total. The van der Waals surface area contributed by atoms with Crippen LogP contribution in [0.5, 0.6) is 11.5 Å². The van der Waals surface area contributed by atoms with Gasteiger partial charge in [0.1, 0.15) is 0 Å². The highest BCUT2D eigenvalue weighted by Gasteiger charge is 2.34. The van der Waals surface area contributed by atoms with Gasteiger partial charge in [-0.3, -0.25) is 9.39 Å². The molecule has 9 heteroatoms. The minimum absolute atomic E-state index is 0. The van der Waals surface area contributed by atoms with Gasteiger partial charge < -0.3 is 20.1 Å². The van der Waals surface area contributed by atoms with Crippen LogP contribution in [0, 0.1) is 0 Å². The fourth-order valence-electron chi connectivity index (χ4n) is 4.61. The molecule has 0 aliphatic heterocycles. The summed E-state index contributed by atoms with van der Waals surface area (Å²) in [6.45, 7) is 1.33. The smallest absolute Gasteiger partial charge is 0.191 e. The van der Waals surface area contributed by atoms with Crippen LogP contribution in [-0.4, -0.2) is 48.4 Å². The number of hydrogen-bond donors (Lipinski definition) is 2. The molecule has 8 nitrogen and oxygen atoms in total. The molecule has 2 heterocycles. The van der Waals surface area contributed by atoms with Crippen molar-refractivity contribution in [1.29, 1.82) is 0 Å². The number of hydrogen-bond acceptors (Lipinski definition) is 5. The summed E-state index contributed by atoms with van der Waals surface area (Å²) in [5.74, 6) is 3.13. The number of ether oxygens (including phenoxy) is 2. The van der Waals surface area contributed by atoms with Crippen LogP contribution < -0.4 is 20.1 Å². The molecule has 33 heavy (non-hydrogen) atoms. The lowest BCUT2D eigenvalue weighted by molar-refractivity contribution is 0.288. The minimum Gasteiger partial charge on any atom is -0.493 e. The molecule has 1 fully saturated rings. The summed E-state index contributed by atoms with van der Waals surface area (Å²) in [4.78, 5) is 4.43. The molecule has 1 aliphatic rings. The lowest BCUT2D eigenvalue weighted by atomic mass is 9.69. The van der Waals surface area contributed by atoms with Crippen molar-refractivity contribution in [1.82, 2.24) is 25.2 Å².